The summed E-state index contributed by atoms with van der Waals surface area (Å²) in [5, 5.41) is 18.1. The quantitative estimate of drug-likeness (QED) is 0.0594. The Morgan fingerprint density at radius 2 is 1.76 bits per heavy atom. The molecule has 0 aliphatic carbocycles. The molecule has 13 atom stereocenters. The van der Waals surface area contributed by atoms with E-state index in [1.807, 2.05) is 76.2 Å². The van der Waals surface area contributed by atoms with E-state index in [1.54, 1.807) is 25.0 Å². The molecule has 0 saturated carbocycles. The molecule has 1 amide bonds. The zero-order valence-corrected chi connectivity index (χ0v) is 41.3. The predicted molar refractivity (Wildman–Crippen MR) is 260 cm³/mol. The molecule has 7 rings (SSSR count). The standard InChI is InChI=1S/C53H66N4O9S/c1-11-43-53(8)47-34(4)44(54-26-27-57(47)51(61)66-53)32(2)30-52(7,48(35(5)45(58)36(6)49(60)64-43)65-50-46(59)42(56(9)10)29-33(3)63-50)25-15-21-39-23-24-40(67-39)31-55-62-28-16-20-38-19-14-18-37-17-12-13-22-41(37)38/h12-14,17-19,22-24,31-36,42-43,46-48,50,59H,11,25-30H2,1-10H3/b55-31-/t32-,33-,34+,35+,36-,42+,43-,46-,47-,48-,50?,52+,53-/m1/s1. The molecule has 2 aromatic carbocycles. The third-order valence-electron chi connectivity index (χ3n) is 14.2. The van der Waals surface area contributed by atoms with E-state index in [2.05, 4.69) is 67.8 Å². The molecule has 3 aromatic rings. The van der Waals surface area contributed by atoms with Crippen LogP contribution in [0.15, 0.2) is 64.7 Å². The van der Waals surface area contributed by atoms with Gasteiger partial charge in [0.2, 0.25) is 0 Å². The molecule has 358 valence electrons. The number of cyclic esters (lactones) is 1. The number of hydrogen-bond acceptors (Lipinski definition) is 13. The van der Waals surface area contributed by atoms with Crippen molar-refractivity contribution in [2.45, 2.75) is 129 Å². The summed E-state index contributed by atoms with van der Waals surface area (Å²) in [5.74, 6) is 9.47. The Kier molecular flexibility index (Phi) is 15.6. The van der Waals surface area contributed by atoms with Crippen molar-refractivity contribution in [1.82, 2.24) is 9.80 Å². The largest absolute Gasteiger partial charge is 0.458 e. The molecule has 4 aliphatic rings. The van der Waals surface area contributed by atoms with Crippen molar-refractivity contribution < 1.29 is 43.3 Å². The first-order chi connectivity index (χ1) is 31.9. The summed E-state index contributed by atoms with van der Waals surface area (Å²) in [5.41, 5.74) is -0.233. The zero-order chi connectivity index (χ0) is 48.2. The Labute approximate surface area is 399 Å². The molecule has 13 nitrogen and oxygen atoms in total. The van der Waals surface area contributed by atoms with Gasteiger partial charge in [0.1, 0.15) is 18.1 Å². The number of aliphatic imine (C=N–C) groups is 1. The summed E-state index contributed by atoms with van der Waals surface area (Å²) in [6.45, 7) is 16.1. The van der Waals surface area contributed by atoms with Gasteiger partial charge >= 0.3 is 12.1 Å². The maximum absolute atomic E-state index is 14.7. The van der Waals surface area contributed by atoms with E-state index in [1.165, 1.54) is 11.3 Å². The summed E-state index contributed by atoms with van der Waals surface area (Å²) < 4.78 is 25.7. The first-order valence-corrected chi connectivity index (χ1v) is 24.4. The van der Waals surface area contributed by atoms with Crippen molar-refractivity contribution in [1.29, 1.82) is 0 Å². The normalized spacial score (nSPS) is 33.7. The number of thiophene rings is 1. The van der Waals surface area contributed by atoms with Crippen LogP contribution in [0.1, 0.15) is 96.4 Å². The number of Topliss-reactive ketones (excluding diaryl/α,β-unsaturated/α-hetero) is 1. The molecule has 2 bridgehead atoms. The number of nitrogens with zero attached hydrogens (tertiary/aromatic N) is 4. The molecule has 3 fully saturated rings. The van der Waals surface area contributed by atoms with Gasteiger partial charge in [0.25, 0.3) is 0 Å². The second-order valence-corrected chi connectivity index (χ2v) is 20.6. The van der Waals surface area contributed by atoms with Crippen LogP contribution >= 0.6 is 11.3 Å². The smallest absolute Gasteiger partial charge is 0.410 e. The highest BCUT2D eigenvalue weighted by Crippen LogP contribution is 2.46. The van der Waals surface area contributed by atoms with E-state index < -0.39 is 65.6 Å². The Morgan fingerprint density at radius 3 is 2.52 bits per heavy atom. The van der Waals surface area contributed by atoms with E-state index in [0.29, 0.717) is 32.4 Å². The Hall–Kier alpha value is -5.09. The fourth-order valence-corrected chi connectivity index (χ4v) is 11.7. The number of ether oxygens (including phenoxy) is 4. The average Bonchev–Trinajstić information content (AvgIpc) is 3.79. The molecule has 1 N–H and O–H groups in total. The van der Waals surface area contributed by atoms with Crippen LogP contribution in [0.4, 0.5) is 4.79 Å². The van der Waals surface area contributed by atoms with E-state index in [-0.39, 0.29) is 42.8 Å². The molecule has 0 radical (unpaired) electrons. The zero-order valence-electron chi connectivity index (χ0n) is 40.5. The number of carbonyl (C=O) groups excluding carboxylic acids is 3. The number of aliphatic hydroxyl groups is 1. The molecule has 5 heterocycles. The van der Waals surface area contributed by atoms with Gasteiger partial charge in [0.05, 0.1) is 35.9 Å². The van der Waals surface area contributed by atoms with Crippen LogP contribution < -0.4 is 0 Å². The van der Waals surface area contributed by atoms with Crippen molar-refractivity contribution in [2.75, 3.05) is 33.8 Å². The van der Waals surface area contributed by atoms with Gasteiger partial charge in [-0.3, -0.25) is 19.5 Å². The van der Waals surface area contributed by atoms with Gasteiger partial charge in [0.15, 0.2) is 24.3 Å². The number of fused-ring (bicyclic) bond motifs is 2. The summed E-state index contributed by atoms with van der Waals surface area (Å²) in [6.07, 6.45) is -1.15. The lowest BCUT2D eigenvalue weighted by Crippen LogP contribution is -2.58. The van der Waals surface area contributed by atoms with Gasteiger partial charge in [0, 0.05) is 52.4 Å². The van der Waals surface area contributed by atoms with Gasteiger partial charge < -0.3 is 33.8 Å². The highest BCUT2D eigenvalue weighted by molar-refractivity contribution is 7.14. The van der Waals surface area contributed by atoms with Gasteiger partial charge in [-0.25, -0.2) is 4.79 Å². The van der Waals surface area contributed by atoms with Crippen LogP contribution in [0, 0.1) is 52.8 Å². The lowest BCUT2D eigenvalue weighted by Gasteiger charge is -2.47. The molecule has 14 heteroatoms. The van der Waals surface area contributed by atoms with Crippen LogP contribution in [0.5, 0.6) is 0 Å². The first-order valence-electron chi connectivity index (χ1n) is 23.6. The van der Waals surface area contributed by atoms with Crippen molar-refractivity contribution in [2.24, 2.45) is 39.2 Å². The Balaban J connectivity index is 1.19. The van der Waals surface area contributed by atoms with Gasteiger partial charge in [-0.05, 0) is 89.0 Å². The molecule has 0 spiro atoms. The second-order valence-electron chi connectivity index (χ2n) is 19.4. The number of oxime groups is 1. The molecule has 67 heavy (non-hydrogen) atoms. The van der Waals surface area contributed by atoms with Crippen molar-refractivity contribution >= 4 is 51.9 Å². The summed E-state index contributed by atoms with van der Waals surface area (Å²) in [4.78, 5) is 58.4. The topological polar surface area (TPSA) is 149 Å². The molecular weight excluding hydrogens is 869 g/mol. The molecule has 3 saturated heterocycles. The van der Waals surface area contributed by atoms with Crippen molar-refractivity contribution in [3.63, 3.8) is 0 Å². The van der Waals surface area contributed by atoms with Gasteiger partial charge in [-0.2, -0.15) is 0 Å². The van der Waals surface area contributed by atoms with Crippen LogP contribution in [-0.4, -0.2) is 127 Å². The number of ketones is 1. The van der Waals surface area contributed by atoms with Crippen LogP contribution in [0.25, 0.3) is 10.8 Å². The Bertz CT molecular complexity index is 2480. The van der Waals surface area contributed by atoms with E-state index >= 15 is 0 Å². The minimum atomic E-state index is -1.19. The van der Waals surface area contributed by atoms with Crippen LogP contribution in [0.3, 0.4) is 0 Å². The van der Waals surface area contributed by atoms with Crippen LogP contribution in [0.2, 0.25) is 0 Å². The summed E-state index contributed by atoms with van der Waals surface area (Å²) in [6, 6.07) is 17.3. The minimum absolute atomic E-state index is 0.130. The second kappa shape index (κ2) is 21.1. The highest BCUT2D eigenvalue weighted by atomic mass is 32.1. The maximum atomic E-state index is 14.7. The number of amides is 1. The fourth-order valence-electron chi connectivity index (χ4n) is 10.9. The lowest BCUT2D eigenvalue weighted by molar-refractivity contribution is -0.286. The third kappa shape index (κ3) is 10.6. The number of hydrogen-bond donors (Lipinski definition) is 1. The molecule has 1 unspecified atom stereocenters. The summed E-state index contributed by atoms with van der Waals surface area (Å²) in [7, 11) is 3.83. The van der Waals surface area contributed by atoms with Gasteiger partial charge in [-0.1, -0.05) is 99.9 Å². The third-order valence-corrected chi connectivity index (χ3v) is 15.2. The average molecular weight is 935 g/mol. The predicted octanol–water partition coefficient (Wildman–Crippen LogP) is 7.74. The maximum Gasteiger partial charge on any atom is 0.410 e. The first kappa shape index (κ1) is 49.8. The van der Waals surface area contributed by atoms with Crippen molar-refractivity contribution in [3.05, 3.63) is 69.9 Å². The van der Waals surface area contributed by atoms with Crippen LogP contribution in [-0.2, 0) is 33.4 Å². The number of esters is 1. The van der Waals surface area contributed by atoms with Crippen molar-refractivity contribution in [3.8, 4) is 23.7 Å². The SMILES string of the molecule is CC[C@H]1OC(=O)[C@H](C)C(=O)[C@H](C)[C@@H](OC2O[C@H](C)C[C@H](N(C)C)[C@H]2O)[C@@](C)(CC#Cc2ccc(/C=N\OCC#Cc3cccc4ccccc34)s2)C[C@@H](C)C2=NCCN3C(=O)O[C@@]1(C)[C@H]3[C@H]2C. The van der Waals surface area contributed by atoms with Gasteiger partial charge in [-0.15, -0.1) is 11.3 Å². The van der Waals surface area contributed by atoms with E-state index in [9.17, 15) is 19.5 Å². The summed E-state index contributed by atoms with van der Waals surface area (Å²) >= 11 is 1.46. The number of aliphatic hydroxyl groups excluding tert-OH is 1. The lowest BCUT2D eigenvalue weighted by atomic mass is 9.66. The Morgan fingerprint density at radius 1 is 1.00 bits per heavy atom. The molecular formula is C53H66N4O9S. The number of likely N-dealkylation sites (N-methyl/N-ethyl adjacent to an activating group) is 1. The van der Waals surface area contributed by atoms with E-state index in [4.69, 9.17) is 28.8 Å². The fraction of sp³-hybridized carbons (Fsp3) is 0.566. The number of benzene rings is 2. The molecule has 4 aliphatic heterocycles. The monoisotopic (exact) mass is 934 g/mol. The minimum Gasteiger partial charge on any atom is -0.458 e. The van der Waals surface area contributed by atoms with E-state index in [0.717, 1.165) is 31.8 Å². The highest BCUT2D eigenvalue weighted by Gasteiger charge is 2.60. The molecule has 1 aromatic heterocycles. The number of carbonyl (C=O) groups is 3. The number of rotatable bonds is 8.